The van der Waals surface area contributed by atoms with Crippen molar-refractivity contribution in [2.45, 2.75) is 12.8 Å². The summed E-state index contributed by atoms with van der Waals surface area (Å²) in [6.45, 7) is 0. The van der Waals surface area contributed by atoms with Crippen LogP contribution in [0.2, 0.25) is 5.22 Å². The Labute approximate surface area is 101 Å². The molecule has 2 aromatic rings. The normalized spacial score (nSPS) is 10.8. The van der Waals surface area contributed by atoms with Gasteiger partial charge in [-0.25, -0.2) is 0 Å². The number of alkyl halides is 1. The maximum atomic E-state index is 5.84. The zero-order chi connectivity index (χ0) is 10.7. The smallest absolute Gasteiger partial charge is 0.203 e. The second-order valence-corrected chi connectivity index (χ2v) is 4.68. The van der Waals surface area contributed by atoms with E-state index in [1.165, 1.54) is 17.6 Å². The third-order valence-electron chi connectivity index (χ3n) is 1.84. The third-order valence-corrected chi connectivity index (χ3v) is 3.42. The molecule has 0 aromatic carbocycles. The standard InChI is InChI=1S/C9H8Cl2N2OS/c10-4-1-2-7-12-13-9(15-7)6-3-5-14-8(6)11/h3,5H,1-2,4H2. The summed E-state index contributed by atoms with van der Waals surface area (Å²) in [7, 11) is 0. The Hall–Kier alpha value is -0.580. The van der Waals surface area contributed by atoms with Gasteiger partial charge in [-0.3, -0.25) is 0 Å². The van der Waals surface area contributed by atoms with Crippen molar-refractivity contribution in [1.82, 2.24) is 10.2 Å². The van der Waals surface area contributed by atoms with Gasteiger partial charge in [0.25, 0.3) is 0 Å². The fourth-order valence-corrected chi connectivity index (χ4v) is 2.42. The summed E-state index contributed by atoms with van der Waals surface area (Å²) >= 11 is 13.0. The van der Waals surface area contributed by atoms with Crippen LogP contribution >= 0.6 is 34.5 Å². The van der Waals surface area contributed by atoms with Gasteiger partial charge in [-0.15, -0.1) is 21.8 Å². The molecule has 2 aromatic heterocycles. The maximum Gasteiger partial charge on any atom is 0.203 e. The molecule has 0 N–H and O–H groups in total. The Bertz CT molecular complexity index is 441. The predicted octanol–water partition coefficient (Wildman–Crippen LogP) is 3.62. The molecule has 0 fully saturated rings. The number of rotatable bonds is 4. The lowest BCUT2D eigenvalue weighted by atomic mass is 10.4. The van der Waals surface area contributed by atoms with E-state index in [-0.39, 0.29) is 0 Å². The lowest BCUT2D eigenvalue weighted by Gasteiger charge is -1.89. The zero-order valence-corrected chi connectivity index (χ0v) is 10.1. The Kier molecular flexibility index (Phi) is 3.61. The van der Waals surface area contributed by atoms with E-state index in [2.05, 4.69) is 10.2 Å². The van der Waals surface area contributed by atoms with Gasteiger partial charge < -0.3 is 4.42 Å². The first-order valence-corrected chi connectivity index (χ1v) is 6.16. The highest BCUT2D eigenvalue weighted by atomic mass is 35.5. The van der Waals surface area contributed by atoms with Crippen LogP contribution in [-0.2, 0) is 6.42 Å². The Morgan fingerprint density at radius 3 is 2.93 bits per heavy atom. The van der Waals surface area contributed by atoms with E-state index in [1.807, 2.05) is 0 Å². The Morgan fingerprint density at radius 2 is 2.27 bits per heavy atom. The summed E-state index contributed by atoms with van der Waals surface area (Å²) in [4.78, 5) is 0. The highest BCUT2D eigenvalue weighted by molar-refractivity contribution is 7.14. The van der Waals surface area contributed by atoms with E-state index in [1.54, 1.807) is 6.07 Å². The molecule has 0 bridgehead atoms. The highest BCUT2D eigenvalue weighted by Crippen LogP contribution is 2.31. The highest BCUT2D eigenvalue weighted by Gasteiger charge is 2.11. The second kappa shape index (κ2) is 4.96. The van der Waals surface area contributed by atoms with Gasteiger partial charge in [-0.2, -0.15) is 0 Å². The van der Waals surface area contributed by atoms with Crippen molar-refractivity contribution in [2.24, 2.45) is 0 Å². The minimum atomic E-state index is 0.357. The molecule has 0 aliphatic rings. The lowest BCUT2D eigenvalue weighted by molar-refractivity contribution is 0.570. The summed E-state index contributed by atoms with van der Waals surface area (Å²) in [6, 6.07) is 1.79. The van der Waals surface area contributed by atoms with Crippen molar-refractivity contribution in [3.63, 3.8) is 0 Å². The number of nitrogens with zero attached hydrogens (tertiary/aromatic N) is 2. The second-order valence-electron chi connectivity index (χ2n) is 2.90. The molecule has 0 radical (unpaired) electrons. The number of aromatic nitrogens is 2. The molecular formula is C9H8Cl2N2OS. The number of hydrogen-bond acceptors (Lipinski definition) is 4. The molecule has 0 amide bonds. The van der Waals surface area contributed by atoms with Gasteiger partial charge in [0.05, 0.1) is 11.8 Å². The van der Waals surface area contributed by atoms with E-state index < -0.39 is 0 Å². The molecule has 0 saturated carbocycles. The van der Waals surface area contributed by atoms with Gasteiger partial charge in [0, 0.05) is 12.3 Å². The van der Waals surface area contributed by atoms with Gasteiger partial charge in [-0.1, -0.05) is 11.3 Å². The van der Waals surface area contributed by atoms with Crippen molar-refractivity contribution in [3.8, 4) is 10.6 Å². The summed E-state index contributed by atoms with van der Waals surface area (Å²) < 4.78 is 4.99. The number of furan rings is 1. The van der Waals surface area contributed by atoms with Crippen LogP contribution in [0.25, 0.3) is 10.6 Å². The predicted molar refractivity (Wildman–Crippen MR) is 61.7 cm³/mol. The zero-order valence-electron chi connectivity index (χ0n) is 7.74. The van der Waals surface area contributed by atoms with Crippen LogP contribution in [-0.4, -0.2) is 16.1 Å². The average molecular weight is 263 g/mol. The molecular weight excluding hydrogens is 255 g/mol. The topological polar surface area (TPSA) is 38.9 Å². The van der Waals surface area contributed by atoms with Gasteiger partial charge in [0.15, 0.2) is 5.01 Å². The van der Waals surface area contributed by atoms with Crippen LogP contribution in [0.3, 0.4) is 0 Å². The summed E-state index contributed by atoms with van der Waals surface area (Å²) in [5, 5.41) is 10.2. The Balaban J connectivity index is 2.17. The van der Waals surface area contributed by atoms with E-state index in [0.717, 1.165) is 28.4 Å². The molecule has 2 rings (SSSR count). The lowest BCUT2D eigenvalue weighted by Crippen LogP contribution is -1.84. The first-order valence-electron chi connectivity index (χ1n) is 4.43. The number of aryl methyl sites for hydroxylation is 1. The SMILES string of the molecule is ClCCCc1nnc(-c2ccoc2Cl)s1. The van der Waals surface area contributed by atoms with Crippen LogP contribution in [0.1, 0.15) is 11.4 Å². The van der Waals surface area contributed by atoms with Gasteiger partial charge in [0.1, 0.15) is 5.01 Å². The van der Waals surface area contributed by atoms with Crippen LogP contribution in [0, 0.1) is 0 Å². The van der Waals surface area contributed by atoms with E-state index in [4.69, 9.17) is 27.6 Å². The van der Waals surface area contributed by atoms with Crippen molar-refractivity contribution in [2.75, 3.05) is 5.88 Å². The molecule has 0 atom stereocenters. The molecule has 0 unspecified atom stereocenters. The summed E-state index contributed by atoms with van der Waals surface area (Å²) in [5.74, 6) is 0.640. The van der Waals surface area contributed by atoms with Crippen LogP contribution in [0.5, 0.6) is 0 Å². The molecule has 0 saturated heterocycles. The first kappa shape index (κ1) is 10.9. The minimum Gasteiger partial charge on any atom is -0.452 e. The first-order chi connectivity index (χ1) is 7.31. The summed E-state index contributed by atoms with van der Waals surface area (Å²) in [5.41, 5.74) is 0.797. The molecule has 0 aliphatic heterocycles. The van der Waals surface area contributed by atoms with E-state index >= 15 is 0 Å². The van der Waals surface area contributed by atoms with Crippen molar-refractivity contribution < 1.29 is 4.42 Å². The fraction of sp³-hybridized carbons (Fsp3) is 0.333. The van der Waals surface area contributed by atoms with Gasteiger partial charge in [-0.05, 0) is 24.1 Å². The molecule has 15 heavy (non-hydrogen) atoms. The largest absolute Gasteiger partial charge is 0.452 e. The van der Waals surface area contributed by atoms with Crippen LogP contribution in [0.4, 0.5) is 0 Å². The Morgan fingerprint density at radius 1 is 1.40 bits per heavy atom. The molecule has 0 spiro atoms. The molecule has 6 heteroatoms. The van der Waals surface area contributed by atoms with Crippen molar-refractivity contribution in [1.29, 1.82) is 0 Å². The van der Waals surface area contributed by atoms with Crippen molar-refractivity contribution in [3.05, 3.63) is 22.6 Å². The fourth-order valence-electron chi connectivity index (χ4n) is 1.13. The maximum absolute atomic E-state index is 5.84. The van der Waals surface area contributed by atoms with E-state index in [9.17, 15) is 0 Å². The summed E-state index contributed by atoms with van der Waals surface area (Å²) in [6.07, 6.45) is 3.31. The quantitative estimate of drug-likeness (QED) is 0.791. The number of hydrogen-bond donors (Lipinski definition) is 0. The van der Waals surface area contributed by atoms with E-state index in [0.29, 0.717) is 11.1 Å². The average Bonchev–Trinajstić information content (AvgIpc) is 2.83. The third kappa shape index (κ3) is 2.51. The monoisotopic (exact) mass is 262 g/mol. The van der Waals surface area contributed by atoms with Crippen molar-refractivity contribution >= 4 is 34.5 Å². The van der Waals surface area contributed by atoms with Crippen LogP contribution < -0.4 is 0 Å². The minimum absolute atomic E-state index is 0.357. The van der Waals surface area contributed by atoms with Gasteiger partial charge >= 0.3 is 0 Å². The molecule has 2 heterocycles. The molecule has 80 valence electrons. The molecule has 0 aliphatic carbocycles. The van der Waals surface area contributed by atoms with Crippen LogP contribution in [0.15, 0.2) is 16.7 Å². The number of halogens is 2. The van der Waals surface area contributed by atoms with Gasteiger partial charge in [0.2, 0.25) is 5.22 Å². The molecule has 3 nitrogen and oxygen atoms in total.